The van der Waals surface area contributed by atoms with E-state index in [0.29, 0.717) is 18.1 Å². The Bertz CT molecular complexity index is 348. The van der Waals surface area contributed by atoms with Gasteiger partial charge in [-0.1, -0.05) is 12.2 Å². The molecule has 1 heterocycles. The quantitative estimate of drug-likeness (QED) is 0.666. The van der Waals surface area contributed by atoms with Gasteiger partial charge in [-0.25, -0.2) is 0 Å². The monoisotopic (exact) mass is 219 g/mol. The average molecular weight is 219 g/mol. The molecule has 1 aliphatic carbocycles. The fourth-order valence-electron chi connectivity index (χ4n) is 2.70. The lowest BCUT2D eigenvalue weighted by Gasteiger charge is -2.31. The lowest BCUT2D eigenvalue weighted by molar-refractivity contribution is -0.116. The predicted octanol–water partition coefficient (Wildman–Crippen LogP) is 2.91. The van der Waals surface area contributed by atoms with Gasteiger partial charge in [-0.2, -0.15) is 0 Å². The summed E-state index contributed by atoms with van der Waals surface area (Å²) in [7, 11) is 0. The third-order valence-electron chi connectivity index (χ3n) is 3.91. The van der Waals surface area contributed by atoms with E-state index in [0.717, 1.165) is 30.7 Å². The maximum Gasteiger partial charge on any atom is 0.160 e. The lowest BCUT2D eigenvalue weighted by Crippen LogP contribution is -2.28. The van der Waals surface area contributed by atoms with E-state index in [1.807, 2.05) is 13.8 Å². The highest BCUT2D eigenvalue weighted by atomic mass is 16.1. The van der Waals surface area contributed by atoms with Crippen molar-refractivity contribution in [1.29, 1.82) is 0 Å². The van der Waals surface area contributed by atoms with Crippen LogP contribution in [0.3, 0.4) is 0 Å². The SMILES string of the molecule is C=C(C)C1CC(=O)C(C)=C(N2CCCC2)C1. The highest BCUT2D eigenvalue weighted by Crippen LogP contribution is 2.34. The first-order valence-corrected chi connectivity index (χ1v) is 6.23. The van der Waals surface area contributed by atoms with E-state index in [1.165, 1.54) is 18.5 Å². The summed E-state index contributed by atoms with van der Waals surface area (Å²) in [5.74, 6) is 0.688. The molecule has 2 heteroatoms. The van der Waals surface area contributed by atoms with Crippen LogP contribution in [0.2, 0.25) is 0 Å². The first kappa shape index (κ1) is 11.4. The van der Waals surface area contributed by atoms with Crippen molar-refractivity contribution in [2.45, 2.75) is 39.5 Å². The molecule has 88 valence electrons. The lowest BCUT2D eigenvalue weighted by atomic mass is 9.82. The maximum absolute atomic E-state index is 12.0. The zero-order chi connectivity index (χ0) is 11.7. The van der Waals surface area contributed by atoms with Gasteiger partial charge in [0.2, 0.25) is 0 Å². The number of Topliss-reactive ketones (excluding diaryl/α,β-unsaturated/α-hetero) is 1. The van der Waals surface area contributed by atoms with Crippen LogP contribution < -0.4 is 0 Å². The summed E-state index contributed by atoms with van der Waals surface area (Å²) in [6.45, 7) is 10.3. The summed E-state index contributed by atoms with van der Waals surface area (Å²) in [6, 6.07) is 0. The minimum absolute atomic E-state index is 0.321. The number of carbonyl (C=O) groups is 1. The van der Waals surface area contributed by atoms with Gasteiger partial charge < -0.3 is 4.90 Å². The van der Waals surface area contributed by atoms with Crippen molar-refractivity contribution in [2.24, 2.45) is 5.92 Å². The van der Waals surface area contributed by atoms with E-state index in [9.17, 15) is 4.79 Å². The number of nitrogens with zero attached hydrogens (tertiary/aromatic N) is 1. The van der Waals surface area contributed by atoms with E-state index < -0.39 is 0 Å². The van der Waals surface area contributed by atoms with Gasteiger partial charge in [0, 0.05) is 30.8 Å². The van der Waals surface area contributed by atoms with Gasteiger partial charge in [0.15, 0.2) is 5.78 Å². The number of hydrogen-bond donors (Lipinski definition) is 0. The standard InChI is InChI=1S/C14H21NO/c1-10(2)12-8-13(11(3)14(16)9-12)15-6-4-5-7-15/h12H,1,4-9H2,2-3H3. The molecule has 0 N–H and O–H groups in total. The molecule has 0 aromatic rings. The van der Waals surface area contributed by atoms with E-state index in [4.69, 9.17) is 0 Å². The summed E-state index contributed by atoms with van der Waals surface area (Å²) in [5.41, 5.74) is 3.44. The summed E-state index contributed by atoms with van der Waals surface area (Å²) in [6.07, 6.45) is 4.22. The van der Waals surface area contributed by atoms with Crippen LogP contribution in [0, 0.1) is 5.92 Å². The van der Waals surface area contributed by atoms with Crippen LogP contribution in [0.25, 0.3) is 0 Å². The Morgan fingerprint density at radius 3 is 2.50 bits per heavy atom. The molecule has 2 rings (SSSR count). The summed E-state index contributed by atoms with van der Waals surface area (Å²) in [4.78, 5) is 14.4. The van der Waals surface area contributed by atoms with Crippen LogP contribution in [-0.2, 0) is 4.79 Å². The largest absolute Gasteiger partial charge is 0.374 e. The predicted molar refractivity (Wildman–Crippen MR) is 66.1 cm³/mol. The molecule has 0 saturated carbocycles. The molecule has 0 aromatic heterocycles. The van der Waals surface area contributed by atoms with Crippen LogP contribution >= 0.6 is 0 Å². The van der Waals surface area contributed by atoms with Gasteiger partial charge in [0.25, 0.3) is 0 Å². The van der Waals surface area contributed by atoms with Gasteiger partial charge >= 0.3 is 0 Å². The van der Waals surface area contributed by atoms with Crippen LogP contribution in [0.5, 0.6) is 0 Å². The van der Waals surface area contributed by atoms with Crippen molar-refractivity contribution in [3.63, 3.8) is 0 Å². The molecule has 16 heavy (non-hydrogen) atoms. The van der Waals surface area contributed by atoms with Crippen LogP contribution in [0.15, 0.2) is 23.4 Å². The Labute approximate surface area is 98.0 Å². The van der Waals surface area contributed by atoms with Crippen molar-refractivity contribution in [2.75, 3.05) is 13.1 Å². The van der Waals surface area contributed by atoms with Crippen molar-refractivity contribution in [3.8, 4) is 0 Å². The Hall–Kier alpha value is -1.05. The first-order valence-electron chi connectivity index (χ1n) is 6.23. The zero-order valence-corrected chi connectivity index (χ0v) is 10.4. The maximum atomic E-state index is 12.0. The molecule has 1 saturated heterocycles. The van der Waals surface area contributed by atoms with E-state index in [1.54, 1.807) is 0 Å². The van der Waals surface area contributed by atoms with Crippen LogP contribution in [0.4, 0.5) is 0 Å². The number of rotatable bonds is 2. The van der Waals surface area contributed by atoms with Crippen LogP contribution in [0.1, 0.15) is 39.5 Å². The molecule has 0 radical (unpaired) electrons. The summed E-state index contributed by atoms with van der Waals surface area (Å²) in [5, 5.41) is 0. The van der Waals surface area contributed by atoms with Crippen molar-refractivity contribution in [3.05, 3.63) is 23.4 Å². The topological polar surface area (TPSA) is 20.3 Å². The second-order valence-corrected chi connectivity index (χ2v) is 5.14. The third kappa shape index (κ3) is 2.06. The van der Waals surface area contributed by atoms with E-state index in [2.05, 4.69) is 11.5 Å². The molecule has 2 aliphatic rings. The molecule has 1 unspecified atom stereocenters. The smallest absolute Gasteiger partial charge is 0.160 e. The fraction of sp³-hybridized carbons (Fsp3) is 0.643. The van der Waals surface area contributed by atoms with E-state index >= 15 is 0 Å². The third-order valence-corrected chi connectivity index (χ3v) is 3.91. The van der Waals surface area contributed by atoms with Gasteiger partial charge in [-0.3, -0.25) is 4.79 Å². The number of hydrogen-bond acceptors (Lipinski definition) is 2. The first-order chi connectivity index (χ1) is 7.59. The number of carbonyl (C=O) groups excluding carboxylic acids is 1. The second kappa shape index (κ2) is 4.44. The minimum Gasteiger partial charge on any atom is -0.374 e. The molecule has 1 aliphatic heterocycles. The van der Waals surface area contributed by atoms with Crippen LogP contribution in [-0.4, -0.2) is 23.8 Å². The molecule has 0 aromatic carbocycles. The van der Waals surface area contributed by atoms with Crippen molar-refractivity contribution >= 4 is 5.78 Å². The fourth-order valence-corrected chi connectivity index (χ4v) is 2.70. The van der Waals surface area contributed by atoms with Crippen molar-refractivity contribution in [1.82, 2.24) is 4.90 Å². The molecular formula is C14H21NO. The number of allylic oxidation sites excluding steroid dienone is 3. The Morgan fingerprint density at radius 2 is 1.94 bits per heavy atom. The van der Waals surface area contributed by atoms with Gasteiger partial charge in [0.05, 0.1) is 0 Å². The summed E-state index contributed by atoms with van der Waals surface area (Å²) < 4.78 is 0. The minimum atomic E-state index is 0.321. The van der Waals surface area contributed by atoms with Crippen molar-refractivity contribution < 1.29 is 4.79 Å². The highest BCUT2D eigenvalue weighted by molar-refractivity contribution is 5.96. The summed E-state index contributed by atoms with van der Waals surface area (Å²) >= 11 is 0. The zero-order valence-electron chi connectivity index (χ0n) is 10.4. The highest BCUT2D eigenvalue weighted by Gasteiger charge is 2.29. The second-order valence-electron chi connectivity index (χ2n) is 5.14. The molecule has 0 bridgehead atoms. The van der Waals surface area contributed by atoms with Gasteiger partial charge in [-0.05, 0) is 39.0 Å². The van der Waals surface area contributed by atoms with Gasteiger partial charge in [-0.15, -0.1) is 0 Å². The Kier molecular flexibility index (Phi) is 3.17. The van der Waals surface area contributed by atoms with E-state index in [-0.39, 0.29) is 0 Å². The Morgan fingerprint density at radius 1 is 1.31 bits per heavy atom. The normalized spacial score (nSPS) is 26.5. The number of likely N-dealkylation sites (tertiary alicyclic amines) is 1. The number of ketones is 1. The molecular weight excluding hydrogens is 198 g/mol. The molecule has 2 nitrogen and oxygen atoms in total. The molecule has 0 amide bonds. The molecule has 0 spiro atoms. The average Bonchev–Trinajstić information content (AvgIpc) is 2.74. The molecule has 1 fully saturated rings. The Balaban J connectivity index is 2.22. The van der Waals surface area contributed by atoms with Gasteiger partial charge in [0.1, 0.15) is 0 Å². The molecule has 1 atom stereocenters.